The zero-order chi connectivity index (χ0) is 37.7. The maximum absolute atomic E-state index is 9.08. The van der Waals surface area contributed by atoms with Gasteiger partial charge in [0.15, 0.2) is 17.5 Å². The molecule has 0 aliphatic carbocycles. The van der Waals surface area contributed by atoms with Gasteiger partial charge in [-0.2, -0.15) is 0 Å². The maximum Gasteiger partial charge on any atom is 0.164 e. The van der Waals surface area contributed by atoms with Crippen molar-refractivity contribution in [3.05, 3.63) is 151 Å². The normalized spacial score (nSPS) is 13.8. The number of furan rings is 1. The molecule has 10 aromatic rings. The fourth-order valence-electron chi connectivity index (χ4n) is 6.54. The zero-order valence-corrected chi connectivity index (χ0v) is 25.9. The number of thiophene rings is 1. The standard InChI is InChI=1S/C43H25N3OS/c1-2-11-26(12-3-1)41-44-42(27-21-24-39-35(25-27)31-15-7-9-20-38(31)48-39)46-43(45-41)33-23-22-30(28-13-4-5-14-29(28)33)32-17-10-19-37-40(32)34-16-6-8-18-36(34)47-37/h1-25H/i1D,2D,3D,6D,11D,12D,17D. The Kier molecular flexibility index (Phi) is 4.65. The van der Waals surface area contributed by atoms with Crippen LogP contribution in [0.5, 0.6) is 0 Å². The summed E-state index contributed by atoms with van der Waals surface area (Å²) >= 11 is 1.69. The molecule has 10 rings (SSSR count). The molecule has 0 spiro atoms. The molecule has 0 saturated carbocycles. The number of benzene rings is 7. The predicted octanol–water partition coefficient (Wildman–Crippen LogP) is 12.0. The Morgan fingerprint density at radius 2 is 1.17 bits per heavy atom. The van der Waals surface area contributed by atoms with E-state index in [-0.39, 0.29) is 23.0 Å². The second-order valence-corrected chi connectivity index (χ2v) is 12.5. The van der Waals surface area contributed by atoms with Crippen LogP contribution in [0.4, 0.5) is 0 Å². The number of fused-ring (bicyclic) bond motifs is 7. The molecule has 0 fully saturated rings. The van der Waals surface area contributed by atoms with Crippen molar-refractivity contribution in [2.45, 2.75) is 0 Å². The smallest absolute Gasteiger partial charge is 0.164 e. The van der Waals surface area contributed by atoms with Crippen LogP contribution in [0.3, 0.4) is 0 Å². The molecule has 224 valence electrons. The average Bonchev–Trinajstić information content (AvgIpc) is 3.76. The highest BCUT2D eigenvalue weighted by Crippen LogP contribution is 2.42. The molecule has 3 heterocycles. The molecule has 0 aliphatic rings. The third kappa shape index (κ3) is 4.25. The minimum atomic E-state index is -0.502. The molecule has 0 unspecified atom stereocenters. The van der Waals surface area contributed by atoms with Gasteiger partial charge in [0.2, 0.25) is 0 Å². The molecule has 48 heavy (non-hydrogen) atoms. The van der Waals surface area contributed by atoms with Gasteiger partial charge in [0.25, 0.3) is 0 Å². The highest BCUT2D eigenvalue weighted by Gasteiger charge is 2.19. The summed E-state index contributed by atoms with van der Waals surface area (Å²) in [6.07, 6.45) is 0. The van der Waals surface area contributed by atoms with Crippen LogP contribution in [0.15, 0.2) is 156 Å². The molecule has 7 aromatic carbocycles. The van der Waals surface area contributed by atoms with Crippen LogP contribution < -0.4 is 0 Å². The number of para-hydroxylation sites is 1. The number of aromatic nitrogens is 3. The lowest BCUT2D eigenvalue weighted by molar-refractivity contribution is 0.669. The molecule has 5 heteroatoms. The lowest BCUT2D eigenvalue weighted by Crippen LogP contribution is -2.00. The van der Waals surface area contributed by atoms with Crippen LogP contribution in [-0.2, 0) is 0 Å². The van der Waals surface area contributed by atoms with Crippen molar-refractivity contribution >= 4 is 64.2 Å². The molecule has 4 nitrogen and oxygen atoms in total. The third-order valence-corrected chi connectivity index (χ3v) is 9.85. The lowest BCUT2D eigenvalue weighted by Gasteiger charge is -2.14. The Morgan fingerprint density at radius 3 is 2.04 bits per heavy atom. The Bertz CT molecular complexity index is 3240. The third-order valence-electron chi connectivity index (χ3n) is 8.70. The topological polar surface area (TPSA) is 51.8 Å². The van der Waals surface area contributed by atoms with Crippen LogP contribution in [-0.4, -0.2) is 15.0 Å². The second kappa shape index (κ2) is 10.7. The van der Waals surface area contributed by atoms with Crippen molar-refractivity contribution in [2.24, 2.45) is 0 Å². The largest absolute Gasteiger partial charge is 0.456 e. The molecule has 0 atom stereocenters. The summed E-state index contributed by atoms with van der Waals surface area (Å²) in [5.41, 5.74) is 3.87. The summed E-state index contributed by atoms with van der Waals surface area (Å²) in [5.74, 6) is 0.489. The van der Waals surface area contributed by atoms with Gasteiger partial charge in [0.1, 0.15) is 11.2 Å². The van der Waals surface area contributed by atoms with Gasteiger partial charge in [0.05, 0.1) is 9.60 Å². The predicted molar refractivity (Wildman–Crippen MR) is 199 cm³/mol. The number of hydrogen-bond donors (Lipinski definition) is 0. The first-order valence-corrected chi connectivity index (χ1v) is 16.2. The van der Waals surface area contributed by atoms with Crippen molar-refractivity contribution in [1.82, 2.24) is 15.0 Å². The highest BCUT2D eigenvalue weighted by atomic mass is 32.1. The fourth-order valence-corrected chi connectivity index (χ4v) is 7.63. The van der Waals surface area contributed by atoms with Gasteiger partial charge < -0.3 is 4.42 Å². The first-order valence-electron chi connectivity index (χ1n) is 18.9. The van der Waals surface area contributed by atoms with Crippen molar-refractivity contribution < 1.29 is 14.0 Å². The number of nitrogens with zero attached hydrogens (tertiary/aromatic N) is 3. The monoisotopic (exact) mass is 638 g/mol. The van der Waals surface area contributed by atoms with E-state index in [0.717, 1.165) is 47.3 Å². The number of hydrogen-bond acceptors (Lipinski definition) is 5. The summed E-state index contributed by atoms with van der Waals surface area (Å²) in [4.78, 5) is 14.6. The molecular weight excluding hydrogens is 607 g/mol. The highest BCUT2D eigenvalue weighted by molar-refractivity contribution is 7.25. The maximum atomic E-state index is 9.08. The van der Waals surface area contributed by atoms with Crippen molar-refractivity contribution in [2.75, 3.05) is 0 Å². The summed E-state index contributed by atoms with van der Waals surface area (Å²) in [6, 6.07) is 32.7. The fraction of sp³-hybridized carbons (Fsp3) is 0. The van der Waals surface area contributed by atoms with E-state index in [2.05, 4.69) is 12.1 Å². The van der Waals surface area contributed by atoms with E-state index in [1.165, 1.54) is 0 Å². The van der Waals surface area contributed by atoms with Gasteiger partial charge in [-0.25, -0.2) is 15.0 Å². The van der Waals surface area contributed by atoms with Crippen LogP contribution in [0.25, 0.3) is 98.2 Å². The number of rotatable bonds is 4. The van der Waals surface area contributed by atoms with Gasteiger partial charge in [-0.3, -0.25) is 0 Å². The van der Waals surface area contributed by atoms with Gasteiger partial charge in [-0.05, 0) is 64.4 Å². The lowest BCUT2D eigenvalue weighted by atomic mass is 9.92. The first-order chi connectivity index (χ1) is 26.7. The van der Waals surface area contributed by atoms with Gasteiger partial charge in [0, 0.05) is 47.6 Å². The Hall–Kier alpha value is -6.17. The summed E-state index contributed by atoms with van der Waals surface area (Å²) < 4.78 is 68.4. The zero-order valence-electron chi connectivity index (χ0n) is 32.1. The Labute approximate surface area is 289 Å². The van der Waals surface area contributed by atoms with E-state index in [4.69, 9.17) is 29.0 Å². The molecule has 3 aromatic heterocycles. The molecule has 0 amide bonds. The van der Waals surface area contributed by atoms with Gasteiger partial charge in [-0.1, -0.05) is 109 Å². The summed E-state index contributed by atoms with van der Waals surface area (Å²) in [5, 5.41) is 5.21. The van der Waals surface area contributed by atoms with E-state index in [0.29, 0.717) is 39.9 Å². The second-order valence-electron chi connectivity index (χ2n) is 11.4. The molecule has 0 N–H and O–H groups in total. The van der Waals surface area contributed by atoms with E-state index in [1.807, 2.05) is 66.7 Å². The molecule has 0 radical (unpaired) electrons. The van der Waals surface area contributed by atoms with Crippen LogP contribution in [0, 0.1) is 0 Å². The first kappa shape index (κ1) is 20.9. The molecule has 0 aliphatic heterocycles. The van der Waals surface area contributed by atoms with Crippen molar-refractivity contribution in [3.8, 4) is 45.3 Å². The van der Waals surface area contributed by atoms with Crippen LogP contribution in [0.2, 0.25) is 0 Å². The van der Waals surface area contributed by atoms with Gasteiger partial charge >= 0.3 is 0 Å². The molecule has 0 saturated heterocycles. The van der Waals surface area contributed by atoms with E-state index in [9.17, 15) is 0 Å². The summed E-state index contributed by atoms with van der Waals surface area (Å²) in [7, 11) is 0. The van der Waals surface area contributed by atoms with Crippen LogP contribution in [0.1, 0.15) is 9.60 Å². The Balaban J connectivity index is 1.24. The van der Waals surface area contributed by atoms with Gasteiger partial charge in [-0.15, -0.1) is 11.3 Å². The van der Waals surface area contributed by atoms with E-state index >= 15 is 0 Å². The quantitative estimate of drug-likeness (QED) is 0.192. The molecule has 0 bridgehead atoms. The minimum Gasteiger partial charge on any atom is -0.456 e. The minimum absolute atomic E-state index is 0.0466. The van der Waals surface area contributed by atoms with E-state index in [1.54, 1.807) is 41.7 Å². The average molecular weight is 639 g/mol. The molecular formula is C43H25N3OS. The van der Waals surface area contributed by atoms with Crippen molar-refractivity contribution in [3.63, 3.8) is 0 Å². The summed E-state index contributed by atoms with van der Waals surface area (Å²) in [6.45, 7) is 0. The van der Waals surface area contributed by atoms with E-state index < -0.39 is 30.2 Å². The van der Waals surface area contributed by atoms with Crippen molar-refractivity contribution in [1.29, 1.82) is 0 Å². The Morgan fingerprint density at radius 1 is 0.458 bits per heavy atom. The van der Waals surface area contributed by atoms with Crippen LogP contribution >= 0.6 is 11.3 Å². The SMILES string of the molecule is [2H]c1ccc2oc3ccc([2H])c(-c4ccc(-c5nc(-c6ccc7sc8ccccc8c7c6)nc(-c6c([2H])c([2H])c([2H])c([2H])c6[2H])n5)c5ccccc45)c3c2c1.